The number of aromatic nitrogens is 1. The number of unbranched alkanes of at least 4 members (excludes halogenated alkanes) is 2. The van der Waals surface area contributed by atoms with Crippen LogP contribution in [0, 0.1) is 6.92 Å². The van der Waals surface area contributed by atoms with Crippen LogP contribution in [-0.2, 0) is 4.79 Å². The quantitative estimate of drug-likeness (QED) is 0.246. The Morgan fingerprint density at radius 1 is 0.800 bits per heavy atom. The smallest absolute Gasteiger partial charge is 0.251 e. The van der Waals surface area contributed by atoms with E-state index in [4.69, 9.17) is 4.98 Å². The monoisotopic (exact) mass is 483 g/mol. The zero-order chi connectivity index (χ0) is 24.5. The van der Waals surface area contributed by atoms with E-state index >= 15 is 0 Å². The van der Waals surface area contributed by atoms with E-state index < -0.39 is 0 Å². The molecule has 0 atom stereocenters. The van der Waals surface area contributed by atoms with Gasteiger partial charge in [0.25, 0.3) is 5.91 Å². The summed E-state index contributed by atoms with van der Waals surface area (Å²) in [5.41, 5.74) is 4.58. The summed E-state index contributed by atoms with van der Waals surface area (Å²) in [7, 11) is 0. The van der Waals surface area contributed by atoms with Crippen molar-refractivity contribution in [1.29, 1.82) is 0 Å². The molecular formula is C29H29N3O2S. The molecule has 0 saturated carbocycles. The average molecular weight is 484 g/mol. The van der Waals surface area contributed by atoms with Crippen LogP contribution >= 0.6 is 11.3 Å². The predicted octanol–water partition coefficient (Wildman–Crippen LogP) is 6.71. The van der Waals surface area contributed by atoms with Crippen molar-refractivity contribution in [2.45, 2.75) is 32.6 Å². The molecule has 0 aliphatic carbocycles. The van der Waals surface area contributed by atoms with Gasteiger partial charge in [-0.25, -0.2) is 4.98 Å². The summed E-state index contributed by atoms with van der Waals surface area (Å²) in [5, 5.41) is 6.90. The molecule has 6 heteroatoms. The first kappa shape index (κ1) is 24.4. The Hall–Kier alpha value is -3.77. The number of nitrogens with zero attached hydrogens (tertiary/aromatic N) is 1. The number of amides is 2. The minimum atomic E-state index is -0.0593. The Morgan fingerprint density at radius 3 is 2.20 bits per heavy atom. The highest BCUT2D eigenvalue weighted by atomic mass is 32.1. The third-order valence-corrected chi connectivity index (χ3v) is 6.68. The van der Waals surface area contributed by atoms with Gasteiger partial charge in [0.15, 0.2) is 0 Å². The van der Waals surface area contributed by atoms with Gasteiger partial charge in [0, 0.05) is 40.2 Å². The zero-order valence-corrected chi connectivity index (χ0v) is 20.6. The Labute approximate surface area is 210 Å². The summed E-state index contributed by atoms with van der Waals surface area (Å²) < 4.78 is 0. The highest BCUT2D eigenvalue weighted by Gasteiger charge is 2.12. The van der Waals surface area contributed by atoms with Crippen molar-refractivity contribution in [3.05, 3.63) is 95.4 Å². The zero-order valence-electron chi connectivity index (χ0n) is 19.8. The van der Waals surface area contributed by atoms with Crippen molar-refractivity contribution in [1.82, 2.24) is 10.3 Å². The molecule has 2 N–H and O–H groups in total. The molecule has 0 aliphatic rings. The van der Waals surface area contributed by atoms with Gasteiger partial charge in [0.2, 0.25) is 5.91 Å². The first-order valence-corrected chi connectivity index (χ1v) is 12.7. The molecule has 4 rings (SSSR count). The predicted molar refractivity (Wildman–Crippen MR) is 144 cm³/mol. The van der Waals surface area contributed by atoms with Gasteiger partial charge < -0.3 is 10.6 Å². The third kappa shape index (κ3) is 6.87. The Morgan fingerprint density at radius 2 is 1.49 bits per heavy atom. The van der Waals surface area contributed by atoms with Crippen LogP contribution in [0.2, 0.25) is 0 Å². The van der Waals surface area contributed by atoms with Gasteiger partial charge in [-0.05, 0) is 44.0 Å². The van der Waals surface area contributed by atoms with Crippen molar-refractivity contribution >= 4 is 28.8 Å². The molecule has 35 heavy (non-hydrogen) atoms. The fourth-order valence-corrected chi connectivity index (χ4v) is 4.73. The lowest BCUT2D eigenvalue weighted by molar-refractivity contribution is -0.116. The first-order chi connectivity index (χ1) is 17.1. The number of anilines is 1. The Balaban J connectivity index is 1.19. The number of nitrogens with one attached hydrogen (secondary N) is 2. The highest BCUT2D eigenvalue weighted by molar-refractivity contribution is 7.15. The van der Waals surface area contributed by atoms with E-state index in [9.17, 15) is 9.59 Å². The summed E-state index contributed by atoms with van der Waals surface area (Å²) in [6.45, 7) is 2.70. The SMILES string of the molecule is Cc1sc(-c2ccccc2)nc1-c1ccc(NC(=O)CCCCCNC(=O)c2ccccc2)cc1. The Bertz CT molecular complexity index is 1250. The molecule has 4 aromatic rings. The molecule has 1 heterocycles. The Kier molecular flexibility index (Phi) is 8.41. The summed E-state index contributed by atoms with van der Waals surface area (Å²) in [5.74, 6) is -0.0572. The van der Waals surface area contributed by atoms with Gasteiger partial charge in [-0.15, -0.1) is 11.3 Å². The van der Waals surface area contributed by atoms with Crippen LogP contribution in [-0.4, -0.2) is 23.3 Å². The maximum absolute atomic E-state index is 12.3. The van der Waals surface area contributed by atoms with Gasteiger partial charge in [-0.3, -0.25) is 9.59 Å². The van der Waals surface area contributed by atoms with Crippen LogP contribution in [0.4, 0.5) is 5.69 Å². The van der Waals surface area contributed by atoms with Crippen molar-refractivity contribution in [2.24, 2.45) is 0 Å². The van der Waals surface area contributed by atoms with E-state index in [1.54, 1.807) is 23.5 Å². The number of hydrogen-bond acceptors (Lipinski definition) is 4. The largest absolute Gasteiger partial charge is 0.352 e. The lowest BCUT2D eigenvalue weighted by atomic mass is 10.1. The van der Waals surface area contributed by atoms with Gasteiger partial charge >= 0.3 is 0 Å². The maximum atomic E-state index is 12.3. The molecule has 0 aliphatic heterocycles. The van der Waals surface area contributed by atoms with Crippen molar-refractivity contribution < 1.29 is 9.59 Å². The van der Waals surface area contributed by atoms with Crippen LogP contribution in [0.3, 0.4) is 0 Å². The second-order valence-corrected chi connectivity index (χ2v) is 9.55. The molecule has 178 valence electrons. The summed E-state index contributed by atoms with van der Waals surface area (Å²) in [6, 6.07) is 27.2. The van der Waals surface area contributed by atoms with Crippen molar-refractivity contribution in [2.75, 3.05) is 11.9 Å². The molecule has 0 saturated heterocycles. The maximum Gasteiger partial charge on any atom is 0.251 e. The number of aryl methyl sites for hydroxylation is 1. The van der Waals surface area contributed by atoms with E-state index in [1.807, 2.05) is 60.7 Å². The molecule has 1 aromatic heterocycles. The summed E-state index contributed by atoms with van der Waals surface area (Å²) >= 11 is 1.69. The van der Waals surface area contributed by atoms with Gasteiger partial charge in [-0.1, -0.05) is 67.1 Å². The van der Waals surface area contributed by atoms with Gasteiger partial charge in [0.1, 0.15) is 5.01 Å². The number of carbonyl (C=O) groups is 2. The lowest BCUT2D eigenvalue weighted by Crippen LogP contribution is -2.24. The molecule has 2 amide bonds. The van der Waals surface area contributed by atoms with Gasteiger partial charge in [0.05, 0.1) is 5.69 Å². The highest BCUT2D eigenvalue weighted by Crippen LogP contribution is 2.33. The van der Waals surface area contributed by atoms with Crippen LogP contribution in [0.5, 0.6) is 0 Å². The average Bonchev–Trinajstić information content (AvgIpc) is 3.29. The molecule has 0 fully saturated rings. The van der Waals surface area contributed by atoms with Crippen LogP contribution in [0.1, 0.15) is 40.9 Å². The van der Waals surface area contributed by atoms with Crippen LogP contribution in [0.25, 0.3) is 21.8 Å². The molecule has 0 radical (unpaired) electrons. The van der Waals surface area contributed by atoms with E-state index in [1.165, 1.54) is 4.88 Å². The van der Waals surface area contributed by atoms with Gasteiger partial charge in [-0.2, -0.15) is 0 Å². The van der Waals surface area contributed by atoms with E-state index in [0.29, 0.717) is 18.5 Å². The van der Waals surface area contributed by atoms with E-state index in [2.05, 4.69) is 29.7 Å². The van der Waals surface area contributed by atoms with Crippen LogP contribution < -0.4 is 10.6 Å². The van der Waals surface area contributed by atoms with E-state index in [0.717, 1.165) is 46.8 Å². The van der Waals surface area contributed by atoms with Crippen molar-refractivity contribution in [3.63, 3.8) is 0 Å². The number of thiazole rings is 1. The fourth-order valence-electron chi connectivity index (χ4n) is 3.78. The number of hydrogen-bond donors (Lipinski definition) is 2. The molecule has 3 aromatic carbocycles. The topological polar surface area (TPSA) is 71.1 Å². The standard InChI is InChI=1S/C29H29N3O2S/c1-21-27(32-29(35-21)24-13-7-3-8-14-24)22-16-18-25(19-17-22)31-26(33)15-9-4-10-20-30-28(34)23-11-5-2-6-12-23/h2-3,5-8,11-14,16-19H,4,9-10,15,20H2,1H3,(H,30,34)(H,31,33). The van der Waals surface area contributed by atoms with Crippen LogP contribution in [0.15, 0.2) is 84.9 Å². The minimum absolute atomic E-state index is 0.00211. The molecule has 5 nitrogen and oxygen atoms in total. The minimum Gasteiger partial charge on any atom is -0.352 e. The summed E-state index contributed by atoms with van der Waals surface area (Å²) in [4.78, 5) is 30.3. The molecule has 0 bridgehead atoms. The van der Waals surface area contributed by atoms with E-state index in [-0.39, 0.29) is 11.8 Å². The first-order valence-electron chi connectivity index (χ1n) is 11.9. The van der Waals surface area contributed by atoms with Crippen molar-refractivity contribution in [3.8, 4) is 21.8 Å². The number of rotatable bonds is 10. The lowest BCUT2D eigenvalue weighted by Gasteiger charge is -2.07. The molecular weight excluding hydrogens is 454 g/mol. The molecule has 0 spiro atoms. The third-order valence-electron chi connectivity index (χ3n) is 5.66. The number of carbonyl (C=O) groups excluding carboxylic acids is 2. The number of benzene rings is 3. The normalized spacial score (nSPS) is 10.7. The fraction of sp³-hybridized carbons (Fsp3) is 0.207. The second-order valence-electron chi connectivity index (χ2n) is 8.35. The summed E-state index contributed by atoms with van der Waals surface area (Å²) in [6.07, 6.45) is 2.97. The second kappa shape index (κ2) is 12.1. The molecule has 0 unspecified atom stereocenters.